The van der Waals surface area contributed by atoms with Crippen molar-refractivity contribution in [1.82, 2.24) is 14.9 Å². The number of benzene rings is 1. The summed E-state index contributed by atoms with van der Waals surface area (Å²) in [5, 5.41) is 0. The van der Waals surface area contributed by atoms with Crippen LogP contribution >= 0.6 is 0 Å². The molecule has 1 aliphatic heterocycles. The van der Waals surface area contributed by atoms with Gasteiger partial charge < -0.3 is 14.1 Å². The minimum Gasteiger partial charge on any atom is -0.440 e. The molecule has 2 aliphatic rings. The van der Waals surface area contributed by atoms with Crippen molar-refractivity contribution in [2.45, 2.75) is 63.6 Å². The van der Waals surface area contributed by atoms with E-state index in [0.29, 0.717) is 31.2 Å². The number of aromatic nitrogens is 2. The number of likely N-dealkylation sites (tertiary alicyclic amines) is 1. The van der Waals surface area contributed by atoms with Gasteiger partial charge in [0.2, 0.25) is 0 Å². The Hall–Kier alpha value is -2.73. The van der Waals surface area contributed by atoms with E-state index in [9.17, 15) is 4.79 Å². The maximum absolute atomic E-state index is 13.1. The van der Waals surface area contributed by atoms with Crippen molar-refractivity contribution in [3.05, 3.63) is 59.7 Å². The number of hydrogen-bond acceptors (Lipinski definition) is 5. The van der Waals surface area contributed by atoms with Gasteiger partial charge in [-0.15, -0.1) is 0 Å². The van der Waals surface area contributed by atoms with Crippen LogP contribution in [0.1, 0.15) is 72.7 Å². The number of rotatable bonds is 5. The molecule has 6 nitrogen and oxygen atoms in total. The number of carbonyl (C=O) groups is 1. The van der Waals surface area contributed by atoms with Gasteiger partial charge in [-0.25, -0.2) is 4.98 Å². The fraction of sp³-hybridized carbons (Fsp3) is 0.480. The van der Waals surface area contributed by atoms with Crippen LogP contribution in [0.3, 0.4) is 0 Å². The maximum atomic E-state index is 13.1. The summed E-state index contributed by atoms with van der Waals surface area (Å²) in [5.74, 6) is 1.32. The monoisotopic (exact) mass is 419 g/mol. The van der Waals surface area contributed by atoms with Gasteiger partial charge in [-0.3, -0.25) is 9.78 Å². The van der Waals surface area contributed by atoms with Gasteiger partial charge in [-0.1, -0.05) is 25.3 Å². The first-order valence-corrected chi connectivity index (χ1v) is 11.5. The Morgan fingerprint density at radius 1 is 1.10 bits per heavy atom. The van der Waals surface area contributed by atoms with Gasteiger partial charge in [0.25, 0.3) is 5.91 Å². The average molecular weight is 420 g/mol. The molecule has 6 heteroatoms. The molecule has 31 heavy (non-hydrogen) atoms. The highest BCUT2D eigenvalue weighted by Gasteiger charge is 2.25. The van der Waals surface area contributed by atoms with Gasteiger partial charge in [0.05, 0.1) is 12.7 Å². The zero-order chi connectivity index (χ0) is 21.0. The Balaban J connectivity index is 1.19. The molecule has 1 aromatic carbocycles. The average Bonchev–Trinajstić information content (AvgIpc) is 3.27. The smallest absolute Gasteiger partial charge is 0.253 e. The van der Waals surface area contributed by atoms with E-state index in [0.717, 1.165) is 48.2 Å². The highest BCUT2D eigenvalue weighted by Crippen LogP contribution is 2.34. The number of carbonyl (C=O) groups excluding carboxylic acids is 1. The molecule has 0 unspecified atom stereocenters. The topological polar surface area (TPSA) is 68.5 Å². The molecule has 162 valence electrons. The summed E-state index contributed by atoms with van der Waals surface area (Å²) >= 11 is 0. The fourth-order valence-corrected chi connectivity index (χ4v) is 4.71. The lowest BCUT2D eigenvalue weighted by atomic mass is 9.89. The van der Waals surface area contributed by atoms with E-state index in [2.05, 4.69) is 4.98 Å². The van der Waals surface area contributed by atoms with Crippen LogP contribution in [-0.2, 0) is 11.3 Å². The molecule has 0 bridgehead atoms. The summed E-state index contributed by atoms with van der Waals surface area (Å²) in [6, 6.07) is 9.60. The van der Waals surface area contributed by atoms with Crippen LogP contribution in [0.2, 0.25) is 0 Å². The number of fused-ring (bicyclic) bond motifs is 1. The van der Waals surface area contributed by atoms with E-state index in [4.69, 9.17) is 14.1 Å². The first kappa shape index (κ1) is 20.2. The van der Waals surface area contributed by atoms with Crippen LogP contribution in [0.25, 0.3) is 11.1 Å². The Bertz CT molecular complexity index is 1020. The number of oxazole rings is 1. The van der Waals surface area contributed by atoms with Gasteiger partial charge in [-0.2, -0.15) is 0 Å². The van der Waals surface area contributed by atoms with Gasteiger partial charge in [-0.05, 0) is 55.5 Å². The Kier molecular flexibility index (Phi) is 5.98. The summed E-state index contributed by atoms with van der Waals surface area (Å²) in [4.78, 5) is 23.8. The summed E-state index contributed by atoms with van der Waals surface area (Å²) in [6.07, 6.45) is 11.6. The molecule has 1 amide bonds. The van der Waals surface area contributed by atoms with E-state index in [1.165, 1.54) is 19.3 Å². The van der Waals surface area contributed by atoms with E-state index in [1.807, 2.05) is 41.4 Å². The second-order valence-corrected chi connectivity index (χ2v) is 8.73. The van der Waals surface area contributed by atoms with Crippen molar-refractivity contribution < 1.29 is 13.9 Å². The van der Waals surface area contributed by atoms with Crippen molar-refractivity contribution in [2.75, 3.05) is 13.1 Å². The first-order chi connectivity index (χ1) is 15.3. The number of amides is 1. The third kappa shape index (κ3) is 4.64. The fourth-order valence-electron chi connectivity index (χ4n) is 4.71. The molecule has 3 aromatic rings. The lowest BCUT2D eigenvalue weighted by Gasteiger charge is -2.32. The minimum absolute atomic E-state index is 0.0585. The predicted octanol–water partition coefficient (Wildman–Crippen LogP) is 5.09. The van der Waals surface area contributed by atoms with Crippen LogP contribution in [0, 0.1) is 0 Å². The van der Waals surface area contributed by atoms with Crippen LogP contribution in [0.15, 0.2) is 47.1 Å². The third-order valence-electron chi connectivity index (χ3n) is 6.54. The molecule has 0 radical (unpaired) electrons. The predicted molar refractivity (Wildman–Crippen MR) is 118 cm³/mol. The minimum atomic E-state index is 0.0585. The number of hydrogen-bond donors (Lipinski definition) is 0. The van der Waals surface area contributed by atoms with Crippen molar-refractivity contribution in [3.8, 4) is 0 Å². The van der Waals surface area contributed by atoms with Crippen LogP contribution < -0.4 is 0 Å². The van der Waals surface area contributed by atoms with Crippen molar-refractivity contribution >= 4 is 17.0 Å². The number of nitrogens with zero attached hydrogens (tertiary/aromatic N) is 3. The van der Waals surface area contributed by atoms with Crippen LogP contribution in [0.5, 0.6) is 0 Å². The Morgan fingerprint density at radius 2 is 1.94 bits per heavy atom. The highest BCUT2D eigenvalue weighted by atomic mass is 16.5. The number of piperidine rings is 1. The lowest BCUT2D eigenvalue weighted by Crippen LogP contribution is -2.40. The van der Waals surface area contributed by atoms with Gasteiger partial charge in [0.1, 0.15) is 5.52 Å². The largest absolute Gasteiger partial charge is 0.440 e. The summed E-state index contributed by atoms with van der Waals surface area (Å²) in [7, 11) is 0. The lowest BCUT2D eigenvalue weighted by molar-refractivity contribution is -0.000468. The molecule has 5 rings (SSSR count). The molecule has 0 atom stereocenters. The zero-order valence-corrected chi connectivity index (χ0v) is 17.8. The van der Waals surface area contributed by atoms with Crippen LogP contribution in [0.4, 0.5) is 0 Å². The summed E-state index contributed by atoms with van der Waals surface area (Å²) in [6.45, 7) is 1.98. The van der Waals surface area contributed by atoms with E-state index in [1.54, 1.807) is 6.20 Å². The van der Waals surface area contributed by atoms with E-state index < -0.39 is 0 Å². The van der Waals surface area contributed by atoms with Crippen molar-refractivity contribution in [2.24, 2.45) is 0 Å². The first-order valence-electron chi connectivity index (χ1n) is 11.5. The summed E-state index contributed by atoms with van der Waals surface area (Å²) < 4.78 is 12.1. The zero-order valence-electron chi connectivity index (χ0n) is 17.8. The normalized spacial score (nSPS) is 18.5. The van der Waals surface area contributed by atoms with Gasteiger partial charge >= 0.3 is 0 Å². The highest BCUT2D eigenvalue weighted by molar-refractivity contribution is 5.97. The van der Waals surface area contributed by atoms with Crippen molar-refractivity contribution in [3.63, 3.8) is 0 Å². The second-order valence-electron chi connectivity index (χ2n) is 8.73. The molecule has 1 saturated carbocycles. The van der Waals surface area contributed by atoms with E-state index in [-0.39, 0.29) is 12.0 Å². The molecule has 1 saturated heterocycles. The van der Waals surface area contributed by atoms with Crippen molar-refractivity contribution in [1.29, 1.82) is 0 Å². The second kappa shape index (κ2) is 9.18. The molecule has 0 N–H and O–H groups in total. The standard InChI is InChI=1S/C25H29N3O3/c29-25(28-13-10-21(11-14-28)30-17-18-5-4-12-26-16-18)20-8-9-22-23(15-20)31-24(27-22)19-6-2-1-3-7-19/h4-5,8-9,12,15-16,19,21H,1-3,6-7,10-11,13-14,17H2. The molecular formula is C25H29N3O3. The SMILES string of the molecule is O=C(c1ccc2nc(C3CCCCC3)oc2c1)N1CCC(OCc2cccnc2)CC1. The number of ether oxygens (including phenoxy) is 1. The number of pyridine rings is 1. The maximum Gasteiger partial charge on any atom is 0.253 e. The van der Waals surface area contributed by atoms with Crippen LogP contribution in [-0.4, -0.2) is 40.0 Å². The molecule has 3 heterocycles. The molecule has 2 aromatic heterocycles. The molecular weight excluding hydrogens is 390 g/mol. The summed E-state index contributed by atoms with van der Waals surface area (Å²) in [5.41, 5.74) is 3.32. The Labute approximate surface area is 182 Å². The Morgan fingerprint density at radius 3 is 2.71 bits per heavy atom. The van der Waals surface area contributed by atoms with E-state index >= 15 is 0 Å². The molecule has 0 spiro atoms. The molecule has 2 fully saturated rings. The third-order valence-corrected chi connectivity index (χ3v) is 6.54. The molecule has 1 aliphatic carbocycles. The van der Waals surface area contributed by atoms with Gasteiger partial charge in [0.15, 0.2) is 11.5 Å². The quantitative estimate of drug-likeness (QED) is 0.576. The van der Waals surface area contributed by atoms with Gasteiger partial charge in [0, 0.05) is 37.0 Å².